The topological polar surface area (TPSA) is 96.0 Å². The Morgan fingerprint density at radius 3 is 2.70 bits per heavy atom. The fraction of sp³-hybridized carbons (Fsp3) is 0.304. The van der Waals surface area contributed by atoms with Gasteiger partial charge in [0.05, 0.1) is 16.9 Å². The van der Waals surface area contributed by atoms with Gasteiger partial charge in [0.1, 0.15) is 11.8 Å². The molecule has 10 heteroatoms. The number of imide groups is 1. The van der Waals surface area contributed by atoms with Crippen molar-refractivity contribution >= 4 is 52.1 Å². The molecule has 0 saturated carbocycles. The average Bonchev–Trinajstić information content (AvgIpc) is 3.57. The maximum absolute atomic E-state index is 12.7. The molecule has 2 saturated heterocycles. The minimum Gasteiger partial charge on any atom is -0.497 e. The van der Waals surface area contributed by atoms with E-state index < -0.39 is 6.04 Å². The summed E-state index contributed by atoms with van der Waals surface area (Å²) in [5, 5.41) is 4.24. The van der Waals surface area contributed by atoms with E-state index in [4.69, 9.17) is 4.74 Å². The van der Waals surface area contributed by atoms with E-state index in [1.165, 1.54) is 11.3 Å². The van der Waals surface area contributed by atoms with Crippen molar-refractivity contribution in [2.24, 2.45) is 0 Å². The summed E-state index contributed by atoms with van der Waals surface area (Å²) in [6.45, 7) is 0.736. The van der Waals surface area contributed by atoms with E-state index in [0.717, 1.165) is 28.6 Å². The van der Waals surface area contributed by atoms with Gasteiger partial charge < -0.3 is 15.0 Å². The molecular weight excluding hydrogens is 462 g/mol. The molecule has 0 spiro atoms. The third kappa shape index (κ3) is 5.12. The van der Waals surface area contributed by atoms with E-state index in [-0.39, 0.29) is 36.1 Å². The van der Waals surface area contributed by atoms with E-state index in [2.05, 4.69) is 5.32 Å². The first-order chi connectivity index (χ1) is 16.0. The summed E-state index contributed by atoms with van der Waals surface area (Å²) in [7, 11) is 1.57. The maximum Gasteiger partial charge on any atom is 0.293 e. The fourth-order valence-electron chi connectivity index (χ4n) is 3.78. The fourth-order valence-corrected chi connectivity index (χ4v) is 5.32. The van der Waals surface area contributed by atoms with Crippen LogP contribution in [-0.2, 0) is 9.59 Å². The Bertz CT molecular complexity index is 1080. The lowest BCUT2D eigenvalue weighted by Gasteiger charge is -2.23. The summed E-state index contributed by atoms with van der Waals surface area (Å²) in [4.78, 5) is 54.0. The van der Waals surface area contributed by atoms with E-state index in [1.54, 1.807) is 48.4 Å². The smallest absolute Gasteiger partial charge is 0.293 e. The molecule has 1 aromatic heterocycles. The highest BCUT2D eigenvalue weighted by Gasteiger charge is 2.36. The Hall–Kier alpha value is -3.11. The van der Waals surface area contributed by atoms with Crippen molar-refractivity contribution in [3.63, 3.8) is 0 Å². The molecule has 3 heterocycles. The van der Waals surface area contributed by atoms with Gasteiger partial charge in [0.25, 0.3) is 17.1 Å². The normalized spacial score (nSPS) is 19.4. The van der Waals surface area contributed by atoms with Crippen molar-refractivity contribution in [1.82, 2.24) is 15.1 Å². The Morgan fingerprint density at radius 2 is 2.00 bits per heavy atom. The van der Waals surface area contributed by atoms with Gasteiger partial charge >= 0.3 is 0 Å². The summed E-state index contributed by atoms with van der Waals surface area (Å²) in [5.41, 5.74) is 0.784. The molecule has 1 atom stereocenters. The van der Waals surface area contributed by atoms with Gasteiger partial charge in [-0.1, -0.05) is 18.2 Å². The second-order valence-corrected chi connectivity index (χ2v) is 9.47. The molecule has 1 aromatic carbocycles. The van der Waals surface area contributed by atoms with Crippen molar-refractivity contribution in [2.75, 3.05) is 26.7 Å². The lowest BCUT2D eigenvalue weighted by Crippen LogP contribution is -2.47. The minimum atomic E-state index is -0.538. The van der Waals surface area contributed by atoms with Crippen molar-refractivity contribution < 1.29 is 23.9 Å². The molecule has 0 bridgehead atoms. The largest absolute Gasteiger partial charge is 0.497 e. The number of ether oxygens (including phenoxy) is 1. The third-order valence-electron chi connectivity index (χ3n) is 5.47. The highest BCUT2D eigenvalue weighted by molar-refractivity contribution is 8.18. The van der Waals surface area contributed by atoms with Crippen LogP contribution in [0.2, 0.25) is 0 Å². The number of methoxy groups -OCH3 is 1. The number of rotatable bonds is 7. The van der Waals surface area contributed by atoms with Crippen LogP contribution in [0.3, 0.4) is 0 Å². The molecule has 0 unspecified atom stereocenters. The molecule has 2 aliphatic rings. The Kier molecular flexibility index (Phi) is 7.14. The molecule has 2 fully saturated rings. The molecule has 1 N–H and O–H groups in total. The number of amides is 4. The van der Waals surface area contributed by atoms with E-state index in [9.17, 15) is 19.2 Å². The molecule has 172 valence electrons. The van der Waals surface area contributed by atoms with Crippen LogP contribution >= 0.6 is 23.1 Å². The number of nitrogens with one attached hydrogen (secondary N) is 1. The van der Waals surface area contributed by atoms with Gasteiger partial charge in [-0.25, -0.2) is 0 Å². The second-order valence-electron chi connectivity index (χ2n) is 7.53. The zero-order valence-electron chi connectivity index (χ0n) is 18.0. The molecule has 4 rings (SSSR count). The zero-order chi connectivity index (χ0) is 23.4. The molecule has 0 aliphatic carbocycles. The van der Waals surface area contributed by atoms with Crippen LogP contribution in [0, 0.1) is 0 Å². The van der Waals surface area contributed by atoms with Crippen LogP contribution in [0.4, 0.5) is 4.79 Å². The van der Waals surface area contributed by atoms with Gasteiger partial charge in [-0.15, -0.1) is 11.3 Å². The number of likely N-dealkylation sites (tertiary alicyclic amines) is 1. The molecule has 8 nitrogen and oxygen atoms in total. The predicted octanol–water partition coefficient (Wildman–Crippen LogP) is 3.21. The second kappa shape index (κ2) is 10.2. The Morgan fingerprint density at radius 1 is 1.21 bits per heavy atom. The van der Waals surface area contributed by atoms with Crippen LogP contribution in [0.5, 0.6) is 5.75 Å². The van der Waals surface area contributed by atoms with Gasteiger partial charge in [-0.2, -0.15) is 0 Å². The van der Waals surface area contributed by atoms with Crippen LogP contribution in [0.25, 0.3) is 6.08 Å². The quantitative estimate of drug-likeness (QED) is 0.605. The number of thioether (sulfide) groups is 1. The summed E-state index contributed by atoms with van der Waals surface area (Å²) >= 11 is 2.23. The SMILES string of the molecule is COc1ccc(C=C2SC(=O)N(CCNC(=O)[C@@H]3CCCN3C(=O)c3cccs3)C2=O)cc1. The molecule has 0 radical (unpaired) electrons. The van der Waals surface area contributed by atoms with Gasteiger partial charge in [-0.3, -0.25) is 24.1 Å². The predicted molar refractivity (Wildman–Crippen MR) is 127 cm³/mol. The van der Waals surface area contributed by atoms with Crippen LogP contribution < -0.4 is 10.1 Å². The molecule has 2 aromatic rings. The molecule has 33 heavy (non-hydrogen) atoms. The Balaban J connectivity index is 1.32. The lowest BCUT2D eigenvalue weighted by molar-refractivity contribution is -0.126. The number of hydrogen-bond donors (Lipinski definition) is 1. The van der Waals surface area contributed by atoms with Crippen molar-refractivity contribution in [2.45, 2.75) is 18.9 Å². The van der Waals surface area contributed by atoms with Crippen molar-refractivity contribution in [3.05, 3.63) is 57.1 Å². The highest BCUT2D eigenvalue weighted by atomic mass is 32.2. The monoisotopic (exact) mass is 485 g/mol. The maximum atomic E-state index is 12.7. The zero-order valence-corrected chi connectivity index (χ0v) is 19.6. The van der Waals surface area contributed by atoms with E-state index >= 15 is 0 Å². The van der Waals surface area contributed by atoms with Gasteiger partial charge in [0.2, 0.25) is 5.91 Å². The Labute approximate surface area is 199 Å². The lowest BCUT2D eigenvalue weighted by atomic mass is 10.2. The summed E-state index contributed by atoms with van der Waals surface area (Å²) in [5.74, 6) is -0.0882. The van der Waals surface area contributed by atoms with Crippen LogP contribution in [-0.4, -0.2) is 65.5 Å². The summed E-state index contributed by atoms with van der Waals surface area (Å²) in [6.07, 6.45) is 3.01. The van der Waals surface area contributed by atoms with Gasteiger partial charge in [-0.05, 0) is 59.8 Å². The third-order valence-corrected chi connectivity index (χ3v) is 7.24. The van der Waals surface area contributed by atoms with Gasteiger partial charge in [0, 0.05) is 19.6 Å². The highest BCUT2D eigenvalue weighted by Crippen LogP contribution is 2.32. The van der Waals surface area contributed by atoms with Crippen LogP contribution in [0.1, 0.15) is 28.1 Å². The minimum absolute atomic E-state index is 0.0714. The number of hydrogen-bond acceptors (Lipinski definition) is 7. The first-order valence-corrected chi connectivity index (χ1v) is 12.2. The number of nitrogens with zero attached hydrogens (tertiary/aromatic N) is 2. The number of benzene rings is 1. The summed E-state index contributed by atoms with van der Waals surface area (Å²) in [6, 6.07) is 10.2. The van der Waals surface area contributed by atoms with Crippen LogP contribution in [0.15, 0.2) is 46.7 Å². The van der Waals surface area contributed by atoms with Gasteiger partial charge in [0.15, 0.2) is 0 Å². The average molecular weight is 486 g/mol. The number of carbonyl (C=O) groups is 4. The van der Waals surface area contributed by atoms with E-state index in [0.29, 0.717) is 28.5 Å². The van der Waals surface area contributed by atoms with Crippen molar-refractivity contribution in [3.8, 4) is 5.75 Å². The molecule has 2 aliphatic heterocycles. The first kappa shape index (κ1) is 23.1. The number of carbonyl (C=O) groups excluding carboxylic acids is 4. The first-order valence-electron chi connectivity index (χ1n) is 10.5. The molecular formula is C23H23N3O5S2. The van der Waals surface area contributed by atoms with E-state index in [1.807, 2.05) is 11.4 Å². The van der Waals surface area contributed by atoms with Crippen molar-refractivity contribution in [1.29, 1.82) is 0 Å². The number of thiophene rings is 1. The summed E-state index contributed by atoms with van der Waals surface area (Å²) < 4.78 is 5.12. The standard InChI is InChI=1S/C23H23N3O5S2/c1-31-16-8-6-15(7-9-16)14-19-22(29)26(23(30)33-19)12-10-24-20(27)17-4-2-11-25(17)21(28)18-5-3-13-32-18/h3,5-9,13-14,17H,2,4,10-12H2,1H3,(H,24,27)/t17-/m0/s1. The molecule has 4 amide bonds.